The zero-order chi connectivity index (χ0) is 16.3. The molecule has 1 aromatic rings. The van der Waals surface area contributed by atoms with E-state index in [0.717, 1.165) is 18.3 Å². The van der Waals surface area contributed by atoms with Crippen molar-refractivity contribution in [3.8, 4) is 5.88 Å². The first-order valence-corrected chi connectivity index (χ1v) is 7.33. The molecule has 6 nitrogen and oxygen atoms in total. The predicted molar refractivity (Wildman–Crippen MR) is 76.5 cm³/mol. The van der Waals surface area contributed by atoms with Gasteiger partial charge >= 0.3 is 6.18 Å². The van der Waals surface area contributed by atoms with Gasteiger partial charge in [-0.05, 0) is 19.9 Å². The zero-order valence-electron chi connectivity index (χ0n) is 11.8. The highest BCUT2D eigenvalue weighted by atomic mass is 35.5. The Hall–Kier alpha value is -1.10. The van der Waals surface area contributed by atoms with Crippen LogP contribution in [-0.2, 0) is 10.0 Å². The summed E-state index contributed by atoms with van der Waals surface area (Å²) < 4.78 is 66.7. The third kappa shape index (κ3) is 6.77. The fourth-order valence-electron chi connectivity index (χ4n) is 1.23. The van der Waals surface area contributed by atoms with Crippen LogP contribution in [0.4, 0.5) is 13.2 Å². The highest BCUT2D eigenvalue weighted by Gasteiger charge is 2.29. The Balaban J connectivity index is 0.00000441. The third-order valence-corrected chi connectivity index (χ3v) is 4.01. The van der Waals surface area contributed by atoms with Crippen LogP contribution < -0.4 is 15.2 Å². The number of ether oxygens (including phenoxy) is 1. The molecule has 0 radical (unpaired) electrons. The van der Waals surface area contributed by atoms with E-state index in [0.29, 0.717) is 0 Å². The molecule has 0 aliphatic rings. The summed E-state index contributed by atoms with van der Waals surface area (Å²) in [6, 6.07) is 2.16. The summed E-state index contributed by atoms with van der Waals surface area (Å²) in [6.07, 6.45) is -3.57. The molecule has 0 bridgehead atoms. The summed E-state index contributed by atoms with van der Waals surface area (Å²) in [6.45, 7) is 1.77. The van der Waals surface area contributed by atoms with E-state index in [4.69, 9.17) is 5.73 Å². The van der Waals surface area contributed by atoms with Crippen molar-refractivity contribution >= 4 is 22.4 Å². The van der Waals surface area contributed by atoms with Gasteiger partial charge in [-0.25, -0.2) is 18.1 Å². The molecule has 0 amide bonds. The second-order valence-electron chi connectivity index (χ2n) is 4.93. The van der Waals surface area contributed by atoms with Crippen LogP contribution in [0.1, 0.15) is 13.8 Å². The molecule has 1 rings (SSSR count). The molecular formula is C11H17ClF3N3O3S. The molecule has 1 aromatic heterocycles. The molecule has 0 saturated heterocycles. The third-order valence-electron chi connectivity index (χ3n) is 2.32. The van der Waals surface area contributed by atoms with Gasteiger partial charge in [0.15, 0.2) is 6.61 Å². The van der Waals surface area contributed by atoms with E-state index < -0.39 is 28.3 Å². The topological polar surface area (TPSA) is 94.3 Å². The van der Waals surface area contributed by atoms with E-state index in [1.165, 1.54) is 0 Å². The normalized spacial score (nSPS) is 12.6. The van der Waals surface area contributed by atoms with Crippen LogP contribution in [0.5, 0.6) is 5.88 Å². The summed E-state index contributed by atoms with van der Waals surface area (Å²) in [5, 5.41) is 0. The van der Waals surface area contributed by atoms with Crippen molar-refractivity contribution < 1.29 is 26.3 Å². The lowest BCUT2D eigenvalue weighted by molar-refractivity contribution is -0.154. The van der Waals surface area contributed by atoms with Crippen molar-refractivity contribution in [1.29, 1.82) is 0 Å². The standard InChI is InChI=1S/C11H16F3N3O3S.ClH/c1-10(2,6-15)17-21(18,19)8-3-4-9(16-5-8)20-7-11(12,13)14;/h3-5,17H,6-7,15H2,1-2H3;1H. The minimum Gasteiger partial charge on any atom is -0.468 e. The van der Waals surface area contributed by atoms with Crippen LogP contribution >= 0.6 is 12.4 Å². The maximum absolute atomic E-state index is 12.0. The van der Waals surface area contributed by atoms with Gasteiger partial charge in [-0.2, -0.15) is 13.2 Å². The van der Waals surface area contributed by atoms with Crippen molar-refractivity contribution in [1.82, 2.24) is 9.71 Å². The molecule has 0 saturated carbocycles. The number of aromatic nitrogens is 1. The first kappa shape index (κ1) is 20.9. The fourth-order valence-corrected chi connectivity index (χ4v) is 2.60. The summed E-state index contributed by atoms with van der Waals surface area (Å²) >= 11 is 0. The van der Waals surface area contributed by atoms with Gasteiger partial charge in [0.2, 0.25) is 15.9 Å². The number of sulfonamides is 1. The molecular weight excluding hydrogens is 347 g/mol. The van der Waals surface area contributed by atoms with Gasteiger partial charge in [-0.15, -0.1) is 12.4 Å². The highest BCUT2D eigenvalue weighted by molar-refractivity contribution is 7.89. The Morgan fingerprint density at radius 1 is 1.32 bits per heavy atom. The number of rotatable bonds is 6. The first-order valence-electron chi connectivity index (χ1n) is 5.85. The van der Waals surface area contributed by atoms with Gasteiger partial charge in [-0.1, -0.05) is 0 Å². The minimum atomic E-state index is -4.49. The molecule has 3 N–H and O–H groups in total. The molecule has 0 aliphatic heterocycles. The molecule has 128 valence electrons. The molecule has 0 spiro atoms. The van der Waals surface area contributed by atoms with Gasteiger partial charge < -0.3 is 10.5 Å². The molecule has 1 heterocycles. The van der Waals surface area contributed by atoms with Crippen LogP contribution in [0.2, 0.25) is 0 Å². The summed E-state index contributed by atoms with van der Waals surface area (Å²) in [4.78, 5) is 3.34. The number of hydrogen-bond acceptors (Lipinski definition) is 5. The molecule has 0 unspecified atom stereocenters. The Bertz CT molecular complexity index is 576. The van der Waals surface area contributed by atoms with Crippen LogP contribution in [0.15, 0.2) is 23.2 Å². The van der Waals surface area contributed by atoms with Gasteiger partial charge in [0.05, 0.1) is 6.20 Å². The molecule has 11 heteroatoms. The zero-order valence-corrected chi connectivity index (χ0v) is 13.5. The van der Waals surface area contributed by atoms with Crippen LogP contribution in [0.3, 0.4) is 0 Å². The number of nitrogens with two attached hydrogens (primary N) is 1. The number of nitrogens with one attached hydrogen (secondary N) is 1. The van der Waals surface area contributed by atoms with E-state index in [1.54, 1.807) is 13.8 Å². The van der Waals surface area contributed by atoms with E-state index in [2.05, 4.69) is 14.4 Å². The Labute approximate surface area is 132 Å². The fraction of sp³-hybridized carbons (Fsp3) is 0.545. The lowest BCUT2D eigenvalue weighted by Gasteiger charge is -2.23. The second-order valence-corrected chi connectivity index (χ2v) is 6.61. The monoisotopic (exact) mass is 363 g/mol. The molecule has 0 aromatic carbocycles. The lowest BCUT2D eigenvalue weighted by atomic mass is 10.1. The average molecular weight is 364 g/mol. The van der Waals surface area contributed by atoms with Crippen LogP contribution in [0.25, 0.3) is 0 Å². The molecule has 0 fully saturated rings. The number of nitrogens with zero attached hydrogens (tertiary/aromatic N) is 1. The van der Waals surface area contributed by atoms with Gasteiger partial charge in [0.1, 0.15) is 4.90 Å². The number of hydrogen-bond donors (Lipinski definition) is 2. The van der Waals surface area contributed by atoms with E-state index >= 15 is 0 Å². The Morgan fingerprint density at radius 2 is 1.91 bits per heavy atom. The quantitative estimate of drug-likeness (QED) is 0.798. The lowest BCUT2D eigenvalue weighted by Crippen LogP contribution is -2.48. The predicted octanol–water partition coefficient (Wildman–Crippen LogP) is 1.46. The first-order chi connectivity index (χ1) is 9.45. The van der Waals surface area contributed by atoms with E-state index in [1.807, 2.05) is 0 Å². The second kappa shape index (κ2) is 7.44. The summed E-state index contributed by atoms with van der Waals surface area (Å²) in [7, 11) is -3.86. The SMILES string of the molecule is CC(C)(CN)NS(=O)(=O)c1ccc(OCC(F)(F)F)nc1.Cl. The number of halogens is 4. The van der Waals surface area contributed by atoms with Gasteiger partial charge in [0, 0.05) is 18.2 Å². The molecule has 22 heavy (non-hydrogen) atoms. The van der Waals surface area contributed by atoms with Crippen molar-refractivity contribution in [2.75, 3.05) is 13.2 Å². The summed E-state index contributed by atoms with van der Waals surface area (Å²) in [5.41, 5.74) is 4.57. The van der Waals surface area contributed by atoms with Crippen molar-refractivity contribution in [3.05, 3.63) is 18.3 Å². The Kier molecular flexibility index (Phi) is 7.07. The van der Waals surface area contributed by atoms with Crippen molar-refractivity contribution in [2.24, 2.45) is 5.73 Å². The van der Waals surface area contributed by atoms with Crippen LogP contribution in [0, 0.1) is 0 Å². The average Bonchev–Trinajstić information content (AvgIpc) is 2.35. The van der Waals surface area contributed by atoms with E-state index in [9.17, 15) is 21.6 Å². The van der Waals surface area contributed by atoms with Crippen molar-refractivity contribution in [2.45, 2.75) is 30.5 Å². The number of pyridine rings is 1. The summed E-state index contributed by atoms with van der Waals surface area (Å²) in [5.74, 6) is -0.315. The molecule has 0 aliphatic carbocycles. The van der Waals surface area contributed by atoms with Gasteiger partial charge in [0.25, 0.3) is 0 Å². The molecule has 0 atom stereocenters. The maximum Gasteiger partial charge on any atom is 0.422 e. The highest BCUT2D eigenvalue weighted by Crippen LogP contribution is 2.18. The van der Waals surface area contributed by atoms with E-state index in [-0.39, 0.29) is 29.7 Å². The largest absolute Gasteiger partial charge is 0.468 e. The minimum absolute atomic E-state index is 0. The number of alkyl halides is 3. The smallest absolute Gasteiger partial charge is 0.422 e. The van der Waals surface area contributed by atoms with Gasteiger partial charge in [-0.3, -0.25) is 0 Å². The van der Waals surface area contributed by atoms with Crippen molar-refractivity contribution in [3.63, 3.8) is 0 Å². The van der Waals surface area contributed by atoms with Crippen LogP contribution in [-0.4, -0.2) is 38.3 Å². The Morgan fingerprint density at radius 3 is 2.32 bits per heavy atom. The maximum atomic E-state index is 12.0.